The van der Waals surface area contributed by atoms with Gasteiger partial charge in [0.15, 0.2) is 5.76 Å². The van der Waals surface area contributed by atoms with Crippen molar-refractivity contribution in [2.75, 3.05) is 0 Å². The van der Waals surface area contributed by atoms with E-state index in [1.165, 1.54) is 36.4 Å². The molecule has 0 aliphatic carbocycles. The number of halogens is 3. The first-order valence-electron chi connectivity index (χ1n) is 8.84. The van der Waals surface area contributed by atoms with Gasteiger partial charge in [-0.2, -0.15) is 13.2 Å². The number of furan rings is 1. The average molecular weight is 416 g/mol. The molecule has 2 aromatic carbocycles. The molecule has 1 aromatic heterocycles. The molecule has 1 unspecified atom stereocenters. The standard InChI is InChI=1S/C22H15F3O5/c1-12-7-10-17(29-12)13-8-9-15(16(11-13)22(23,24)25)21(14-5-3-2-4-6-14)19(27)18(26)20(28)30-21/h2-11,26-27H,1H3. The molecule has 0 fully saturated rings. The second-order valence-electron chi connectivity index (χ2n) is 6.80. The van der Waals surface area contributed by atoms with Crippen LogP contribution in [-0.2, 0) is 21.3 Å². The fraction of sp³-hybridized carbons (Fsp3) is 0.136. The third-order valence-electron chi connectivity index (χ3n) is 4.91. The number of ether oxygens (including phenoxy) is 1. The van der Waals surface area contributed by atoms with E-state index in [-0.39, 0.29) is 16.9 Å². The summed E-state index contributed by atoms with van der Waals surface area (Å²) in [5.41, 5.74) is -3.83. The fourth-order valence-corrected chi connectivity index (χ4v) is 3.53. The van der Waals surface area contributed by atoms with Gasteiger partial charge in [0.1, 0.15) is 11.5 Å². The molecule has 30 heavy (non-hydrogen) atoms. The minimum Gasteiger partial charge on any atom is -0.504 e. The van der Waals surface area contributed by atoms with E-state index >= 15 is 0 Å². The zero-order chi connectivity index (χ0) is 21.7. The van der Waals surface area contributed by atoms with E-state index in [0.717, 1.165) is 12.1 Å². The van der Waals surface area contributed by atoms with Gasteiger partial charge in [-0.3, -0.25) is 0 Å². The molecule has 1 atom stereocenters. The Hall–Kier alpha value is -3.68. The summed E-state index contributed by atoms with van der Waals surface area (Å²) in [5, 5.41) is 20.5. The first-order valence-corrected chi connectivity index (χ1v) is 8.84. The van der Waals surface area contributed by atoms with Crippen molar-refractivity contribution in [1.82, 2.24) is 0 Å². The molecule has 2 heterocycles. The first-order chi connectivity index (χ1) is 14.1. The van der Waals surface area contributed by atoms with Gasteiger partial charge >= 0.3 is 12.1 Å². The Bertz CT molecular complexity index is 1160. The predicted molar refractivity (Wildman–Crippen MR) is 99.5 cm³/mol. The number of hydrogen-bond donors (Lipinski definition) is 2. The average Bonchev–Trinajstić information content (AvgIpc) is 3.25. The number of hydrogen-bond acceptors (Lipinski definition) is 5. The summed E-state index contributed by atoms with van der Waals surface area (Å²) in [4.78, 5) is 12.0. The van der Waals surface area contributed by atoms with Gasteiger partial charge < -0.3 is 19.4 Å². The number of carbonyl (C=O) groups excluding carboxylic acids is 1. The Labute approximate surface area is 168 Å². The van der Waals surface area contributed by atoms with Crippen LogP contribution in [0, 0.1) is 6.92 Å². The molecule has 1 aliphatic heterocycles. The summed E-state index contributed by atoms with van der Waals surface area (Å²) in [6.07, 6.45) is -4.86. The number of carbonyl (C=O) groups is 1. The van der Waals surface area contributed by atoms with E-state index in [2.05, 4.69) is 0 Å². The number of cyclic esters (lactones) is 1. The summed E-state index contributed by atoms with van der Waals surface area (Å²) in [7, 11) is 0. The third kappa shape index (κ3) is 2.92. The van der Waals surface area contributed by atoms with Crippen LogP contribution in [0.4, 0.5) is 13.2 Å². The zero-order valence-corrected chi connectivity index (χ0v) is 15.5. The maximum absolute atomic E-state index is 14.1. The van der Waals surface area contributed by atoms with Crippen molar-refractivity contribution < 1.29 is 37.3 Å². The Balaban J connectivity index is 2.02. The van der Waals surface area contributed by atoms with Gasteiger partial charge in [-0.25, -0.2) is 4.79 Å². The number of rotatable bonds is 3. The van der Waals surface area contributed by atoms with E-state index in [0.29, 0.717) is 5.76 Å². The molecule has 0 spiro atoms. The van der Waals surface area contributed by atoms with E-state index in [9.17, 15) is 28.2 Å². The quantitative estimate of drug-likeness (QED) is 0.559. The summed E-state index contributed by atoms with van der Waals surface area (Å²) in [6.45, 7) is 1.66. The molecule has 0 radical (unpaired) electrons. The molecular formula is C22H15F3O5. The molecule has 2 N–H and O–H groups in total. The largest absolute Gasteiger partial charge is 0.504 e. The van der Waals surface area contributed by atoms with Crippen LogP contribution in [0.5, 0.6) is 0 Å². The summed E-state index contributed by atoms with van der Waals surface area (Å²) in [6, 6.07) is 13.9. The lowest BCUT2D eigenvalue weighted by atomic mass is 9.81. The van der Waals surface area contributed by atoms with Gasteiger partial charge in [0.05, 0.1) is 5.56 Å². The van der Waals surface area contributed by atoms with Gasteiger partial charge in [-0.1, -0.05) is 42.5 Å². The van der Waals surface area contributed by atoms with Gasteiger partial charge in [0, 0.05) is 16.7 Å². The first kappa shape index (κ1) is 19.6. The van der Waals surface area contributed by atoms with Crippen LogP contribution < -0.4 is 0 Å². The minimum atomic E-state index is -4.86. The lowest BCUT2D eigenvalue weighted by molar-refractivity contribution is -0.151. The van der Waals surface area contributed by atoms with Crippen molar-refractivity contribution >= 4 is 5.97 Å². The van der Waals surface area contributed by atoms with Crippen molar-refractivity contribution in [3.05, 3.63) is 94.6 Å². The van der Waals surface area contributed by atoms with E-state index in [1.54, 1.807) is 19.1 Å². The van der Waals surface area contributed by atoms with Gasteiger partial charge in [0.25, 0.3) is 0 Å². The second kappa shape index (κ2) is 6.69. The molecule has 1 aliphatic rings. The zero-order valence-electron chi connectivity index (χ0n) is 15.5. The molecule has 5 nitrogen and oxygen atoms in total. The number of esters is 1. The van der Waals surface area contributed by atoms with E-state index < -0.39 is 40.4 Å². The van der Waals surface area contributed by atoms with E-state index in [4.69, 9.17) is 9.15 Å². The monoisotopic (exact) mass is 416 g/mol. The van der Waals surface area contributed by atoms with Crippen LogP contribution in [-0.4, -0.2) is 16.2 Å². The topological polar surface area (TPSA) is 79.9 Å². The van der Waals surface area contributed by atoms with Crippen molar-refractivity contribution in [3.8, 4) is 11.3 Å². The molecule has 3 aromatic rings. The van der Waals surface area contributed by atoms with Crippen LogP contribution >= 0.6 is 0 Å². The van der Waals surface area contributed by atoms with Crippen LogP contribution in [0.15, 0.2) is 76.6 Å². The molecule has 0 amide bonds. The number of aliphatic hydroxyl groups excluding tert-OH is 2. The Morgan fingerprint density at radius 2 is 1.67 bits per heavy atom. The lowest BCUT2D eigenvalue weighted by Crippen LogP contribution is -2.33. The van der Waals surface area contributed by atoms with Crippen molar-refractivity contribution in [2.45, 2.75) is 18.7 Å². The Kier molecular flexibility index (Phi) is 4.38. The minimum absolute atomic E-state index is 0.0481. The van der Waals surface area contributed by atoms with Gasteiger partial charge in [-0.15, -0.1) is 0 Å². The van der Waals surface area contributed by atoms with Gasteiger partial charge in [-0.05, 0) is 25.1 Å². The molecule has 0 saturated heterocycles. The predicted octanol–water partition coefficient (Wildman–Crippen LogP) is 5.40. The Morgan fingerprint density at radius 3 is 2.20 bits per heavy atom. The summed E-state index contributed by atoms with van der Waals surface area (Å²) < 4.78 is 52.8. The lowest BCUT2D eigenvalue weighted by Gasteiger charge is -2.31. The second-order valence-corrected chi connectivity index (χ2v) is 6.80. The molecule has 8 heteroatoms. The van der Waals surface area contributed by atoms with Crippen LogP contribution in [0.2, 0.25) is 0 Å². The number of aryl methyl sites for hydroxylation is 1. The van der Waals surface area contributed by atoms with E-state index in [1.807, 2.05) is 0 Å². The molecule has 154 valence electrons. The van der Waals surface area contributed by atoms with Crippen molar-refractivity contribution in [2.24, 2.45) is 0 Å². The smallest absolute Gasteiger partial charge is 0.416 e. The number of benzene rings is 2. The molecular weight excluding hydrogens is 401 g/mol. The van der Waals surface area contributed by atoms with Crippen molar-refractivity contribution in [1.29, 1.82) is 0 Å². The SMILES string of the molecule is Cc1ccc(-c2ccc(C3(c4ccccc4)OC(=O)C(O)=C3O)c(C(F)(F)F)c2)o1. The molecule has 0 saturated carbocycles. The highest BCUT2D eigenvalue weighted by Gasteiger charge is 2.55. The normalized spacial score (nSPS) is 19.3. The number of aliphatic hydroxyl groups is 2. The van der Waals surface area contributed by atoms with Gasteiger partial charge in [0.2, 0.25) is 11.4 Å². The fourth-order valence-electron chi connectivity index (χ4n) is 3.53. The molecule has 4 rings (SSSR count). The highest BCUT2D eigenvalue weighted by Crippen LogP contribution is 2.49. The highest BCUT2D eigenvalue weighted by atomic mass is 19.4. The highest BCUT2D eigenvalue weighted by molar-refractivity contribution is 5.91. The van der Waals surface area contributed by atoms with Crippen LogP contribution in [0.1, 0.15) is 22.5 Å². The maximum Gasteiger partial charge on any atom is 0.416 e. The van der Waals surface area contributed by atoms with Crippen molar-refractivity contribution in [3.63, 3.8) is 0 Å². The third-order valence-corrected chi connectivity index (χ3v) is 4.91. The maximum atomic E-state index is 14.1. The molecule has 0 bridgehead atoms. The number of alkyl halides is 3. The Morgan fingerprint density at radius 1 is 0.967 bits per heavy atom. The van der Waals surface area contributed by atoms with Crippen LogP contribution in [0.25, 0.3) is 11.3 Å². The summed E-state index contributed by atoms with van der Waals surface area (Å²) >= 11 is 0. The summed E-state index contributed by atoms with van der Waals surface area (Å²) in [5.74, 6) is -2.72. The van der Waals surface area contributed by atoms with Crippen LogP contribution in [0.3, 0.4) is 0 Å².